The van der Waals surface area contributed by atoms with E-state index in [1.165, 1.54) is 10.6 Å². The van der Waals surface area contributed by atoms with Crippen LogP contribution >= 0.6 is 0 Å². The van der Waals surface area contributed by atoms with E-state index in [1.807, 2.05) is 0 Å². The number of pyridine rings is 1. The first-order valence-corrected chi connectivity index (χ1v) is 7.84. The number of amides is 1. The van der Waals surface area contributed by atoms with Gasteiger partial charge in [-0.2, -0.15) is 4.98 Å². The first kappa shape index (κ1) is 9.52. The number of fused-ring (bicyclic) bond motifs is 2. The van der Waals surface area contributed by atoms with Crippen molar-refractivity contribution in [3.8, 4) is 11.1 Å². The van der Waals surface area contributed by atoms with Gasteiger partial charge in [0.1, 0.15) is 16.9 Å². The molecule has 0 radical (unpaired) electrons. The highest BCUT2D eigenvalue weighted by atomic mass is 16.5. The summed E-state index contributed by atoms with van der Waals surface area (Å²) < 4.78 is 74.8. The molecule has 0 atom stereocenters. The molecule has 1 aromatic carbocycles. The summed E-state index contributed by atoms with van der Waals surface area (Å²) in [6, 6.07) is 8.40. The summed E-state index contributed by atoms with van der Waals surface area (Å²) in [4.78, 5) is 21.5. The molecular formula is C19H17N5O3. The fourth-order valence-corrected chi connectivity index (χ4v) is 2.84. The molecule has 4 heterocycles. The van der Waals surface area contributed by atoms with Crippen LogP contribution in [0, 0.1) is 0 Å². The molecule has 3 aromatic heterocycles. The van der Waals surface area contributed by atoms with Crippen LogP contribution in [0.15, 0.2) is 47.1 Å². The predicted octanol–water partition coefficient (Wildman–Crippen LogP) is 2.20. The Morgan fingerprint density at radius 2 is 2.00 bits per heavy atom. The number of hydrogen-bond donors (Lipinski definition) is 1. The van der Waals surface area contributed by atoms with E-state index in [1.54, 1.807) is 30.3 Å². The van der Waals surface area contributed by atoms with Gasteiger partial charge >= 0.3 is 0 Å². The first-order chi connectivity index (χ1) is 16.2. The molecule has 4 aromatic rings. The van der Waals surface area contributed by atoms with Crippen molar-refractivity contribution in [1.29, 1.82) is 0 Å². The van der Waals surface area contributed by atoms with E-state index in [4.69, 9.17) is 21.1 Å². The van der Waals surface area contributed by atoms with E-state index in [0.717, 1.165) is 6.20 Å². The van der Waals surface area contributed by atoms with Gasteiger partial charge in [0.25, 0.3) is 11.9 Å². The molecule has 0 saturated carbocycles. The van der Waals surface area contributed by atoms with Crippen LogP contribution < -0.4 is 5.73 Å². The number of anilines is 1. The molecule has 1 amide bonds. The van der Waals surface area contributed by atoms with Gasteiger partial charge in [-0.05, 0) is 35.4 Å². The van der Waals surface area contributed by atoms with Crippen LogP contribution in [-0.2, 0) is 4.74 Å². The maximum Gasteiger partial charge on any atom is 0.292 e. The lowest BCUT2D eigenvalue weighted by Gasteiger charge is -2.26. The first-order valence-electron chi connectivity index (χ1n) is 11.8. The molecule has 1 aliphatic heterocycles. The maximum absolute atomic E-state index is 13.5. The zero-order valence-electron chi connectivity index (χ0n) is 21.6. The van der Waals surface area contributed by atoms with Crippen LogP contribution in [0.2, 0.25) is 0 Å². The van der Waals surface area contributed by atoms with Crippen LogP contribution in [0.25, 0.3) is 27.9 Å². The Bertz CT molecular complexity index is 1470. The third-order valence-electron chi connectivity index (χ3n) is 4.08. The van der Waals surface area contributed by atoms with Gasteiger partial charge in [-0.15, -0.1) is 0 Å². The van der Waals surface area contributed by atoms with E-state index < -0.39 is 32.0 Å². The van der Waals surface area contributed by atoms with Crippen molar-refractivity contribution >= 4 is 28.7 Å². The number of carbonyl (C=O) groups excluding carboxylic acids is 1. The molecular weight excluding hydrogens is 346 g/mol. The van der Waals surface area contributed by atoms with Crippen LogP contribution in [0.4, 0.5) is 6.01 Å². The molecule has 1 aliphatic rings. The summed E-state index contributed by atoms with van der Waals surface area (Å²) >= 11 is 0. The molecule has 2 N–H and O–H groups in total. The normalized spacial score (nSPS) is 26.7. The summed E-state index contributed by atoms with van der Waals surface area (Å²) in [5.41, 5.74) is 7.79. The zero-order chi connectivity index (χ0) is 25.6. The van der Waals surface area contributed by atoms with E-state index in [2.05, 4.69) is 14.7 Å². The molecule has 0 bridgehead atoms. The predicted molar refractivity (Wildman–Crippen MR) is 99.3 cm³/mol. The molecule has 1 saturated heterocycles. The van der Waals surface area contributed by atoms with Gasteiger partial charge in [0, 0.05) is 19.2 Å². The maximum atomic E-state index is 13.5. The summed E-state index contributed by atoms with van der Waals surface area (Å²) in [7, 11) is 0. The van der Waals surface area contributed by atoms with E-state index in [-0.39, 0.29) is 22.3 Å². The lowest BCUT2D eigenvalue weighted by molar-refractivity contribution is 0.0298. The highest BCUT2D eigenvalue weighted by Crippen LogP contribution is 2.26. The van der Waals surface area contributed by atoms with Crippen LogP contribution in [0.3, 0.4) is 0 Å². The van der Waals surface area contributed by atoms with Gasteiger partial charge in [-0.25, -0.2) is 4.98 Å². The number of nitrogens with zero attached hydrogens (tertiary/aromatic N) is 4. The second-order valence-electron chi connectivity index (χ2n) is 5.69. The Hall–Kier alpha value is -3.39. The number of oxazole rings is 1. The monoisotopic (exact) mass is 371 g/mol. The minimum atomic E-state index is -3.36. The van der Waals surface area contributed by atoms with E-state index in [9.17, 15) is 4.79 Å². The lowest BCUT2D eigenvalue weighted by Crippen LogP contribution is -2.41. The topological polar surface area (TPSA) is 98.9 Å². The molecule has 1 fully saturated rings. The largest absolute Gasteiger partial charge is 0.424 e. The van der Waals surface area contributed by atoms with Crippen LogP contribution in [0.1, 0.15) is 21.5 Å². The smallest absolute Gasteiger partial charge is 0.292 e. The number of carbonyl (C=O) groups is 1. The Morgan fingerprint density at radius 1 is 1.19 bits per heavy atom. The molecule has 0 spiro atoms. The number of benzene rings is 1. The van der Waals surface area contributed by atoms with Crippen LogP contribution in [0.5, 0.6) is 0 Å². The molecule has 136 valence electrons. The number of morpholine rings is 1. The number of aromatic nitrogens is 3. The number of rotatable bonds is 2. The average Bonchev–Trinajstić information content (AvgIpc) is 3.32. The molecule has 27 heavy (non-hydrogen) atoms. The number of nitrogen functional groups attached to an aromatic ring is 1. The van der Waals surface area contributed by atoms with Crippen molar-refractivity contribution in [3.05, 3.63) is 48.4 Å². The second-order valence-corrected chi connectivity index (χ2v) is 5.69. The lowest BCUT2D eigenvalue weighted by atomic mass is 10.1. The molecule has 0 aliphatic carbocycles. The van der Waals surface area contributed by atoms with Gasteiger partial charge in [0.2, 0.25) is 0 Å². The summed E-state index contributed by atoms with van der Waals surface area (Å²) in [6.45, 7) is -13.4. The van der Waals surface area contributed by atoms with Crippen molar-refractivity contribution in [2.45, 2.75) is 0 Å². The molecule has 0 unspecified atom stereocenters. The number of ether oxygens (including phenoxy) is 1. The van der Waals surface area contributed by atoms with E-state index in [0.29, 0.717) is 22.2 Å². The van der Waals surface area contributed by atoms with E-state index >= 15 is 0 Å². The second kappa shape index (κ2) is 6.10. The van der Waals surface area contributed by atoms with Crippen molar-refractivity contribution in [2.75, 3.05) is 31.8 Å². The third kappa shape index (κ3) is 2.70. The minimum Gasteiger partial charge on any atom is -0.424 e. The molecule has 5 rings (SSSR count). The Morgan fingerprint density at radius 3 is 2.85 bits per heavy atom. The minimum absolute atomic E-state index is 0.00359. The number of hydrogen-bond acceptors (Lipinski definition) is 6. The zero-order valence-corrected chi connectivity index (χ0v) is 13.6. The highest BCUT2D eigenvalue weighted by Gasteiger charge is 2.21. The van der Waals surface area contributed by atoms with Crippen molar-refractivity contribution in [3.63, 3.8) is 0 Å². The van der Waals surface area contributed by atoms with Crippen molar-refractivity contribution < 1.29 is 24.9 Å². The quantitative estimate of drug-likeness (QED) is 0.580. The molecule has 8 nitrogen and oxygen atoms in total. The Labute approximate surface area is 165 Å². The summed E-state index contributed by atoms with van der Waals surface area (Å²) in [5, 5.41) is 0. The number of imidazole rings is 1. The van der Waals surface area contributed by atoms with Crippen molar-refractivity contribution in [2.24, 2.45) is 0 Å². The van der Waals surface area contributed by atoms with Gasteiger partial charge in [0.05, 0.1) is 30.3 Å². The SMILES string of the molecule is [2H]C1([2H])OC([2H])([2H])C([2H])([2H])N(C(=O)c2cnc3ccc(-c4ccc5oc(N)nc5c4)cn23)C1([2H])[2H]. The summed E-state index contributed by atoms with van der Waals surface area (Å²) in [6.07, 6.45) is 2.59. The standard InChI is InChI=1S/C19H17N5O3/c20-19-22-14-9-12(1-3-16(14)27-19)13-2-4-17-21-10-15(24(17)11-13)18(25)23-5-7-26-8-6-23/h1-4,9-11H,5-8H2,(H2,20,22)/i5D2,6D2,7D2,8D2. The Balaban J connectivity index is 1.63. The average molecular weight is 371 g/mol. The Kier molecular flexibility index (Phi) is 2.15. The van der Waals surface area contributed by atoms with Gasteiger partial charge in [0.15, 0.2) is 5.58 Å². The number of nitrogens with two attached hydrogens (primary N) is 1. The van der Waals surface area contributed by atoms with Gasteiger partial charge in [-0.3, -0.25) is 9.20 Å². The summed E-state index contributed by atoms with van der Waals surface area (Å²) in [5.74, 6) is -1.32. The van der Waals surface area contributed by atoms with Gasteiger partial charge < -0.3 is 19.8 Å². The van der Waals surface area contributed by atoms with Gasteiger partial charge in [-0.1, -0.05) is 6.07 Å². The third-order valence-corrected chi connectivity index (χ3v) is 4.08. The fraction of sp³-hybridized carbons (Fsp3) is 0.211. The highest BCUT2D eigenvalue weighted by molar-refractivity contribution is 5.93. The fourth-order valence-electron chi connectivity index (χ4n) is 2.84. The molecule has 8 heteroatoms. The van der Waals surface area contributed by atoms with Crippen molar-refractivity contribution in [1.82, 2.24) is 19.3 Å². The van der Waals surface area contributed by atoms with Crippen LogP contribution in [-0.4, -0.2) is 51.3 Å².